The molecule has 0 saturated carbocycles. The molecule has 186 valence electrons. The van der Waals surface area contributed by atoms with E-state index in [1.165, 1.54) is 7.11 Å². The fourth-order valence-electron chi connectivity index (χ4n) is 3.86. The molecule has 8 heteroatoms. The highest BCUT2D eigenvalue weighted by Crippen LogP contribution is 2.27. The Bertz CT molecular complexity index is 1580. The van der Waals surface area contributed by atoms with Gasteiger partial charge in [0.05, 0.1) is 35.4 Å². The van der Waals surface area contributed by atoms with Gasteiger partial charge >= 0.3 is 0 Å². The minimum absolute atomic E-state index is 0.0215. The number of rotatable bonds is 7. The van der Waals surface area contributed by atoms with Crippen LogP contribution in [0.5, 0.6) is 5.75 Å². The number of azo groups is 1. The molecule has 0 atom stereocenters. The lowest BCUT2D eigenvalue weighted by Gasteiger charge is -2.18. The highest BCUT2D eigenvalue weighted by molar-refractivity contribution is 6.59. The minimum Gasteiger partial charge on any atom is -0.495 e. The van der Waals surface area contributed by atoms with Gasteiger partial charge < -0.3 is 10.1 Å². The van der Waals surface area contributed by atoms with Gasteiger partial charge in [0.2, 0.25) is 5.78 Å². The summed E-state index contributed by atoms with van der Waals surface area (Å²) in [4.78, 5) is 26.5. The molecule has 0 radical (unpaired) electrons. The third-order valence-electron chi connectivity index (χ3n) is 5.78. The summed E-state index contributed by atoms with van der Waals surface area (Å²) >= 11 is 0. The summed E-state index contributed by atoms with van der Waals surface area (Å²) in [5, 5.41) is 15.6. The Balaban J connectivity index is 1.36. The van der Waals surface area contributed by atoms with Crippen LogP contribution in [0.3, 0.4) is 0 Å². The highest BCUT2D eigenvalue weighted by Gasteiger charge is 2.30. The molecule has 1 aliphatic rings. The van der Waals surface area contributed by atoms with Crippen molar-refractivity contribution < 1.29 is 14.3 Å². The first-order valence-corrected chi connectivity index (χ1v) is 11.8. The van der Waals surface area contributed by atoms with Gasteiger partial charge in [0.1, 0.15) is 11.5 Å². The molecule has 8 nitrogen and oxygen atoms in total. The molecule has 0 heterocycles. The van der Waals surface area contributed by atoms with E-state index < -0.39 is 11.7 Å². The van der Waals surface area contributed by atoms with Crippen molar-refractivity contribution in [2.75, 3.05) is 17.9 Å². The zero-order valence-corrected chi connectivity index (χ0v) is 20.5. The van der Waals surface area contributed by atoms with E-state index in [4.69, 9.17) is 4.74 Å². The summed E-state index contributed by atoms with van der Waals surface area (Å²) in [6, 6.07) is 30.9. The van der Waals surface area contributed by atoms with Crippen molar-refractivity contribution in [2.45, 2.75) is 0 Å². The van der Waals surface area contributed by atoms with Crippen molar-refractivity contribution in [1.82, 2.24) is 0 Å². The normalized spacial score (nSPS) is 13.7. The molecule has 0 aromatic heterocycles. The van der Waals surface area contributed by atoms with Crippen LogP contribution in [-0.4, -0.2) is 24.5 Å². The van der Waals surface area contributed by atoms with Gasteiger partial charge in [-0.2, -0.15) is 15.3 Å². The smallest absolute Gasteiger partial charge is 0.259 e. The zero-order valence-electron chi connectivity index (χ0n) is 20.5. The maximum Gasteiger partial charge on any atom is 0.259 e. The number of ether oxygens (including phenoxy) is 1. The van der Waals surface area contributed by atoms with E-state index in [1.54, 1.807) is 60.7 Å². The van der Waals surface area contributed by atoms with Crippen LogP contribution in [0.15, 0.2) is 124 Å². The van der Waals surface area contributed by atoms with Gasteiger partial charge in [0, 0.05) is 5.56 Å². The molecule has 0 spiro atoms. The quantitative estimate of drug-likeness (QED) is 0.171. The number of nitrogens with zero attached hydrogens (tertiary/aromatic N) is 3. The lowest BCUT2D eigenvalue weighted by molar-refractivity contribution is -0.116. The van der Waals surface area contributed by atoms with E-state index in [2.05, 4.69) is 26.1 Å². The van der Waals surface area contributed by atoms with Gasteiger partial charge in [0.25, 0.3) is 5.91 Å². The number of benzene rings is 4. The number of amides is 1. The second-order valence-electron chi connectivity index (χ2n) is 8.28. The number of methoxy groups -OCH3 is 1. The van der Waals surface area contributed by atoms with Crippen molar-refractivity contribution in [3.8, 4) is 5.75 Å². The van der Waals surface area contributed by atoms with Crippen LogP contribution in [0, 0.1) is 0 Å². The van der Waals surface area contributed by atoms with Crippen molar-refractivity contribution in [2.24, 2.45) is 15.3 Å². The molecule has 1 aliphatic carbocycles. The Hall–Kier alpha value is -5.37. The first kappa shape index (κ1) is 24.3. The van der Waals surface area contributed by atoms with Gasteiger partial charge in [0.15, 0.2) is 0 Å². The first-order valence-electron chi connectivity index (χ1n) is 11.8. The molecule has 38 heavy (non-hydrogen) atoms. The summed E-state index contributed by atoms with van der Waals surface area (Å²) in [7, 11) is 1.52. The van der Waals surface area contributed by atoms with Crippen molar-refractivity contribution >= 4 is 46.2 Å². The predicted molar refractivity (Wildman–Crippen MR) is 148 cm³/mol. The number of fused-ring (bicyclic) bond motifs is 1. The summed E-state index contributed by atoms with van der Waals surface area (Å²) < 4.78 is 5.31. The van der Waals surface area contributed by atoms with Gasteiger partial charge in [-0.25, -0.2) is 0 Å². The topological polar surface area (TPSA) is 105 Å². The van der Waals surface area contributed by atoms with Crippen LogP contribution in [0.1, 0.15) is 11.1 Å². The lowest BCUT2D eigenvalue weighted by atomic mass is 9.89. The Morgan fingerprint density at radius 2 is 1.42 bits per heavy atom. The number of hydrogen-bond acceptors (Lipinski definition) is 7. The van der Waals surface area contributed by atoms with E-state index >= 15 is 0 Å². The van der Waals surface area contributed by atoms with E-state index in [0.717, 1.165) is 11.3 Å². The van der Waals surface area contributed by atoms with Gasteiger partial charge in [-0.15, -0.1) is 0 Å². The molecule has 0 aliphatic heterocycles. The number of para-hydroxylation sites is 2. The maximum absolute atomic E-state index is 13.4. The monoisotopic (exact) mass is 501 g/mol. The van der Waals surface area contributed by atoms with E-state index in [0.29, 0.717) is 28.4 Å². The summed E-state index contributed by atoms with van der Waals surface area (Å²) in [6.45, 7) is 0. The molecule has 0 saturated heterocycles. The second-order valence-corrected chi connectivity index (χ2v) is 8.28. The fraction of sp³-hybridized carbons (Fsp3) is 0.0333. The minimum atomic E-state index is -0.546. The van der Waals surface area contributed by atoms with Crippen LogP contribution in [0.25, 0.3) is 6.08 Å². The van der Waals surface area contributed by atoms with Crippen LogP contribution in [0.4, 0.5) is 22.7 Å². The molecule has 4 aromatic rings. The van der Waals surface area contributed by atoms with Crippen molar-refractivity contribution in [3.05, 3.63) is 120 Å². The predicted octanol–water partition coefficient (Wildman–Crippen LogP) is 6.53. The summed E-state index contributed by atoms with van der Waals surface area (Å²) in [6.07, 6.45) is 1.58. The number of carbonyl (C=O) groups is 2. The van der Waals surface area contributed by atoms with Crippen molar-refractivity contribution in [1.29, 1.82) is 0 Å². The maximum atomic E-state index is 13.4. The molecular formula is C30H23N5O3. The van der Waals surface area contributed by atoms with Gasteiger partial charge in [-0.3, -0.25) is 15.0 Å². The third-order valence-corrected chi connectivity index (χ3v) is 5.78. The first-order chi connectivity index (χ1) is 18.6. The van der Waals surface area contributed by atoms with Crippen LogP contribution in [0.2, 0.25) is 0 Å². The Labute approximate surface area is 219 Å². The lowest BCUT2D eigenvalue weighted by Crippen LogP contribution is -2.30. The van der Waals surface area contributed by atoms with Crippen molar-refractivity contribution in [3.63, 3.8) is 0 Å². The standard InChI is InChI=1S/C30H23N5O3/c1-38-27-14-8-7-13-26(27)31-30(37)25-19-20-9-5-6-12-24(20)28(29(25)36)35-34-23-17-15-22(16-18-23)33-32-21-10-3-2-4-11-21/h2-19,34H,1H3,(H,31,37). The van der Waals surface area contributed by atoms with Crippen LogP contribution in [-0.2, 0) is 9.59 Å². The number of anilines is 2. The molecule has 5 rings (SSSR count). The van der Waals surface area contributed by atoms with E-state index in [-0.39, 0.29) is 11.3 Å². The molecule has 0 fully saturated rings. The molecule has 0 unspecified atom stereocenters. The summed E-state index contributed by atoms with van der Waals surface area (Å²) in [5.41, 5.74) is 6.94. The largest absolute Gasteiger partial charge is 0.495 e. The highest BCUT2D eigenvalue weighted by atomic mass is 16.5. The SMILES string of the molecule is COc1ccccc1NC(=O)C1=Cc2ccccc2C(=NNc2ccc(N=Nc3ccccc3)cc2)C1=O. The number of nitrogens with one attached hydrogen (secondary N) is 2. The molecule has 1 amide bonds. The zero-order chi connectivity index (χ0) is 26.3. The van der Waals surface area contributed by atoms with E-state index in [9.17, 15) is 9.59 Å². The Morgan fingerprint density at radius 3 is 2.18 bits per heavy atom. The molecular weight excluding hydrogens is 478 g/mol. The van der Waals surface area contributed by atoms with Gasteiger partial charge in [-0.1, -0.05) is 54.6 Å². The number of carbonyl (C=O) groups excluding carboxylic acids is 2. The number of Topliss-reactive ketones (excluding diaryl/α,β-unsaturated/α-hetero) is 1. The number of ketones is 1. The average Bonchev–Trinajstić information content (AvgIpc) is 2.96. The Kier molecular flexibility index (Phi) is 7.13. The Morgan fingerprint density at radius 1 is 0.763 bits per heavy atom. The van der Waals surface area contributed by atoms with Crippen LogP contribution < -0.4 is 15.5 Å². The average molecular weight is 502 g/mol. The number of hydrazone groups is 1. The third kappa shape index (κ3) is 5.39. The van der Waals surface area contributed by atoms with Crippen LogP contribution >= 0.6 is 0 Å². The molecule has 4 aromatic carbocycles. The van der Waals surface area contributed by atoms with E-state index in [1.807, 2.05) is 48.5 Å². The fourth-order valence-corrected chi connectivity index (χ4v) is 3.86. The molecule has 0 bridgehead atoms. The van der Waals surface area contributed by atoms with Gasteiger partial charge in [-0.05, 0) is 60.2 Å². The number of hydrogen-bond donors (Lipinski definition) is 2. The second kappa shape index (κ2) is 11.1. The summed E-state index contributed by atoms with van der Waals surface area (Å²) in [5.74, 6) is -0.542. The molecule has 2 N–H and O–H groups in total.